The van der Waals surface area contributed by atoms with Gasteiger partial charge < -0.3 is 16.0 Å². The molecule has 0 aromatic heterocycles. The van der Waals surface area contributed by atoms with E-state index in [0.717, 1.165) is 5.56 Å². The minimum atomic E-state index is -0.806. The van der Waals surface area contributed by atoms with E-state index >= 15 is 0 Å². The van der Waals surface area contributed by atoms with Gasteiger partial charge in [0.1, 0.15) is 0 Å². The summed E-state index contributed by atoms with van der Waals surface area (Å²) < 4.78 is 0. The average Bonchev–Trinajstić information content (AvgIpc) is 2.66. The molecule has 0 bridgehead atoms. The topological polar surface area (TPSA) is 87.3 Å². The predicted molar refractivity (Wildman–Crippen MR) is 106 cm³/mol. The number of benzene rings is 2. The van der Waals surface area contributed by atoms with E-state index in [-0.39, 0.29) is 17.9 Å². The van der Waals surface area contributed by atoms with Crippen LogP contribution in [0, 0.1) is 0 Å². The van der Waals surface area contributed by atoms with Crippen LogP contribution in [0.4, 0.5) is 5.69 Å². The SMILES string of the molecule is CC(C)NC(=O)c1ccccc1NC(=O)C(=O)NC[C@@H](C)c1ccccc1. The molecule has 1 atom stereocenters. The molecule has 0 fully saturated rings. The average molecular weight is 367 g/mol. The fraction of sp³-hybridized carbons (Fsp3) is 0.286. The summed E-state index contributed by atoms with van der Waals surface area (Å²) in [6.45, 7) is 6.01. The van der Waals surface area contributed by atoms with Crippen LogP contribution in [0.2, 0.25) is 0 Å². The predicted octanol–water partition coefficient (Wildman–Crippen LogP) is 2.68. The van der Waals surface area contributed by atoms with Gasteiger partial charge in [0, 0.05) is 12.6 Å². The second kappa shape index (κ2) is 9.52. The second-order valence-electron chi connectivity index (χ2n) is 6.65. The van der Waals surface area contributed by atoms with Gasteiger partial charge in [-0.2, -0.15) is 0 Å². The number of amides is 3. The van der Waals surface area contributed by atoms with E-state index in [0.29, 0.717) is 17.8 Å². The van der Waals surface area contributed by atoms with Crippen molar-refractivity contribution in [1.82, 2.24) is 10.6 Å². The summed E-state index contributed by atoms with van der Waals surface area (Å²) in [5.41, 5.74) is 1.69. The number of anilines is 1. The van der Waals surface area contributed by atoms with Crippen LogP contribution >= 0.6 is 0 Å². The smallest absolute Gasteiger partial charge is 0.313 e. The molecule has 3 amide bonds. The highest BCUT2D eigenvalue weighted by Crippen LogP contribution is 2.16. The van der Waals surface area contributed by atoms with E-state index < -0.39 is 11.8 Å². The molecule has 0 saturated carbocycles. The van der Waals surface area contributed by atoms with Crippen molar-refractivity contribution in [3.05, 3.63) is 65.7 Å². The Morgan fingerprint density at radius 1 is 0.852 bits per heavy atom. The van der Waals surface area contributed by atoms with Gasteiger partial charge in [0.15, 0.2) is 0 Å². The highest BCUT2D eigenvalue weighted by molar-refractivity contribution is 6.40. The van der Waals surface area contributed by atoms with Gasteiger partial charge >= 0.3 is 11.8 Å². The molecule has 0 spiro atoms. The number of hydrogen-bond donors (Lipinski definition) is 3. The molecule has 0 unspecified atom stereocenters. The molecule has 6 heteroatoms. The molecule has 0 saturated heterocycles. The van der Waals surface area contributed by atoms with E-state index in [1.54, 1.807) is 24.3 Å². The zero-order chi connectivity index (χ0) is 19.8. The maximum Gasteiger partial charge on any atom is 0.313 e. The normalized spacial score (nSPS) is 11.6. The summed E-state index contributed by atoms with van der Waals surface area (Å²) in [4.78, 5) is 36.6. The Hall–Kier alpha value is -3.15. The van der Waals surface area contributed by atoms with Crippen molar-refractivity contribution in [2.75, 3.05) is 11.9 Å². The molecule has 142 valence electrons. The molecule has 0 aliphatic heterocycles. The van der Waals surface area contributed by atoms with E-state index in [4.69, 9.17) is 0 Å². The Morgan fingerprint density at radius 3 is 2.15 bits per heavy atom. The van der Waals surface area contributed by atoms with Crippen LogP contribution in [-0.4, -0.2) is 30.3 Å². The Bertz CT molecular complexity index is 803. The first kappa shape index (κ1) is 20.2. The number of carbonyl (C=O) groups is 3. The van der Waals surface area contributed by atoms with Crippen LogP contribution in [0.3, 0.4) is 0 Å². The van der Waals surface area contributed by atoms with E-state index in [1.165, 1.54) is 0 Å². The number of rotatable bonds is 6. The summed E-state index contributed by atoms with van der Waals surface area (Å²) in [6, 6.07) is 16.3. The number of nitrogens with one attached hydrogen (secondary N) is 3. The van der Waals surface area contributed by atoms with Gasteiger partial charge in [-0.05, 0) is 37.5 Å². The maximum atomic E-state index is 12.2. The van der Waals surface area contributed by atoms with Crippen molar-refractivity contribution in [2.45, 2.75) is 32.7 Å². The van der Waals surface area contributed by atoms with Gasteiger partial charge in [-0.3, -0.25) is 14.4 Å². The van der Waals surface area contributed by atoms with Gasteiger partial charge in [0.25, 0.3) is 5.91 Å². The van der Waals surface area contributed by atoms with Gasteiger partial charge in [0.05, 0.1) is 11.3 Å². The molecular weight excluding hydrogens is 342 g/mol. The summed E-state index contributed by atoms with van der Waals surface area (Å²) in [5.74, 6) is -1.78. The first-order valence-corrected chi connectivity index (χ1v) is 8.92. The zero-order valence-electron chi connectivity index (χ0n) is 15.8. The first-order valence-electron chi connectivity index (χ1n) is 8.92. The van der Waals surface area contributed by atoms with Crippen LogP contribution in [0.15, 0.2) is 54.6 Å². The minimum absolute atomic E-state index is 0.0379. The quantitative estimate of drug-likeness (QED) is 0.686. The van der Waals surface area contributed by atoms with E-state index in [2.05, 4.69) is 16.0 Å². The fourth-order valence-corrected chi connectivity index (χ4v) is 2.53. The highest BCUT2D eigenvalue weighted by Gasteiger charge is 2.18. The van der Waals surface area contributed by atoms with Gasteiger partial charge in [-0.15, -0.1) is 0 Å². The molecule has 0 heterocycles. The summed E-state index contributed by atoms with van der Waals surface area (Å²) in [6.07, 6.45) is 0. The van der Waals surface area contributed by atoms with Crippen molar-refractivity contribution in [3.8, 4) is 0 Å². The standard InChI is InChI=1S/C21H25N3O3/c1-14(2)23-19(25)17-11-7-8-12-18(17)24-21(27)20(26)22-13-15(3)16-9-5-4-6-10-16/h4-12,14-15H,13H2,1-3H3,(H,22,26)(H,23,25)(H,24,27)/t15-/m1/s1. The van der Waals surface area contributed by atoms with Crippen LogP contribution in [0.5, 0.6) is 0 Å². The maximum absolute atomic E-state index is 12.2. The van der Waals surface area contributed by atoms with Crippen LogP contribution in [0.25, 0.3) is 0 Å². The third-order valence-electron chi connectivity index (χ3n) is 3.98. The summed E-state index contributed by atoms with van der Waals surface area (Å²) in [7, 11) is 0. The van der Waals surface area contributed by atoms with Gasteiger partial charge in [-0.25, -0.2) is 0 Å². The lowest BCUT2D eigenvalue weighted by Gasteiger charge is -2.14. The lowest BCUT2D eigenvalue weighted by atomic mass is 10.0. The number of carbonyl (C=O) groups excluding carboxylic acids is 3. The van der Waals surface area contributed by atoms with Crippen LogP contribution < -0.4 is 16.0 Å². The Morgan fingerprint density at radius 2 is 1.48 bits per heavy atom. The van der Waals surface area contributed by atoms with Gasteiger partial charge in [-0.1, -0.05) is 49.4 Å². The molecule has 3 N–H and O–H groups in total. The van der Waals surface area contributed by atoms with Crippen LogP contribution in [-0.2, 0) is 9.59 Å². The van der Waals surface area contributed by atoms with Crippen LogP contribution in [0.1, 0.15) is 42.6 Å². The molecular formula is C21H25N3O3. The molecule has 0 aliphatic rings. The molecule has 0 radical (unpaired) electrons. The first-order chi connectivity index (χ1) is 12.9. The monoisotopic (exact) mass is 367 g/mol. The van der Waals surface area contributed by atoms with E-state index in [9.17, 15) is 14.4 Å². The number of hydrogen-bond acceptors (Lipinski definition) is 3. The van der Waals surface area contributed by atoms with Gasteiger partial charge in [0.2, 0.25) is 0 Å². The molecule has 2 aromatic rings. The molecule has 27 heavy (non-hydrogen) atoms. The summed E-state index contributed by atoms with van der Waals surface area (Å²) >= 11 is 0. The fourth-order valence-electron chi connectivity index (χ4n) is 2.53. The molecule has 6 nitrogen and oxygen atoms in total. The Balaban J connectivity index is 1.96. The van der Waals surface area contributed by atoms with Crippen molar-refractivity contribution < 1.29 is 14.4 Å². The lowest BCUT2D eigenvalue weighted by Crippen LogP contribution is -2.38. The van der Waals surface area contributed by atoms with Crippen molar-refractivity contribution >= 4 is 23.4 Å². The molecule has 0 aliphatic carbocycles. The zero-order valence-corrected chi connectivity index (χ0v) is 15.8. The minimum Gasteiger partial charge on any atom is -0.350 e. The molecule has 2 aromatic carbocycles. The highest BCUT2D eigenvalue weighted by atomic mass is 16.2. The third kappa shape index (κ3) is 5.95. The molecule has 2 rings (SSSR count). The summed E-state index contributed by atoms with van der Waals surface area (Å²) in [5, 5.41) is 7.92. The van der Waals surface area contributed by atoms with Crippen molar-refractivity contribution in [2.24, 2.45) is 0 Å². The largest absolute Gasteiger partial charge is 0.350 e. The lowest BCUT2D eigenvalue weighted by molar-refractivity contribution is -0.136. The van der Waals surface area contributed by atoms with Crippen molar-refractivity contribution in [1.29, 1.82) is 0 Å². The van der Waals surface area contributed by atoms with Crippen molar-refractivity contribution in [3.63, 3.8) is 0 Å². The number of para-hydroxylation sites is 1. The Labute approximate surface area is 159 Å². The second-order valence-corrected chi connectivity index (χ2v) is 6.65. The Kier molecular flexibility index (Phi) is 7.11. The third-order valence-corrected chi connectivity index (χ3v) is 3.98. The van der Waals surface area contributed by atoms with E-state index in [1.807, 2.05) is 51.1 Å².